The summed E-state index contributed by atoms with van der Waals surface area (Å²) in [5, 5.41) is 4.52. The number of hydrogen-bond donors (Lipinski definition) is 0. The van der Waals surface area contributed by atoms with Crippen LogP contribution in [0.2, 0.25) is 0 Å². The Hall–Kier alpha value is -3.42. The van der Waals surface area contributed by atoms with Crippen molar-refractivity contribution in [2.24, 2.45) is 14.1 Å². The molecule has 27 heavy (non-hydrogen) atoms. The van der Waals surface area contributed by atoms with E-state index in [1.165, 1.54) is 11.6 Å². The summed E-state index contributed by atoms with van der Waals surface area (Å²) in [7, 11) is 3.10. The smallest absolute Gasteiger partial charge is 0.298 e. The van der Waals surface area contributed by atoms with Gasteiger partial charge in [0.05, 0.1) is 12.2 Å². The average molecular weight is 364 g/mol. The molecule has 0 N–H and O–H groups in total. The largest absolute Gasteiger partial charge is 0.332 e. The molecule has 0 aliphatic carbocycles. The number of fused-ring (bicyclic) bond motifs is 1. The maximum absolute atomic E-state index is 12.9. The van der Waals surface area contributed by atoms with Gasteiger partial charge in [0.25, 0.3) is 5.56 Å². The molecule has 0 unspecified atom stereocenters. The molecule has 0 saturated heterocycles. The van der Waals surface area contributed by atoms with Crippen LogP contribution in [0.15, 0.2) is 46.0 Å². The number of aryl methyl sites for hydroxylation is 3. The summed E-state index contributed by atoms with van der Waals surface area (Å²) >= 11 is 0. The van der Waals surface area contributed by atoms with E-state index in [0.29, 0.717) is 23.7 Å². The molecule has 0 saturated carbocycles. The molecular formula is C19H20N6O2. The fraction of sp³-hybridized carbons (Fsp3) is 0.263. The van der Waals surface area contributed by atoms with Crippen molar-refractivity contribution in [3.05, 3.63) is 74.2 Å². The molecule has 8 nitrogen and oxygen atoms in total. The Bertz CT molecular complexity index is 1270. The van der Waals surface area contributed by atoms with Crippen LogP contribution in [0.5, 0.6) is 0 Å². The van der Waals surface area contributed by atoms with Crippen LogP contribution in [0.3, 0.4) is 0 Å². The van der Waals surface area contributed by atoms with Crippen molar-refractivity contribution in [3.63, 3.8) is 0 Å². The first-order valence-corrected chi connectivity index (χ1v) is 8.62. The molecule has 0 fully saturated rings. The summed E-state index contributed by atoms with van der Waals surface area (Å²) in [5.41, 5.74) is 2.73. The third-order valence-electron chi connectivity index (χ3n) is 4.71. The van der Waals surface area contributed by atoms with Crippen LogP contribution in [0.1, 0.15) is 17.0 Å². The van der Waals surface area contributed by atoms with Gasteiger partial charge < -0.3 is 0 Å². The molecule has 0 radical (unpaired) electrons. The van der Waals surface area contributed by atoms with E-state index in [-0.39, 0.29) is 5.56 Å². The van der Waals surface area contributed by atoms with E-state index in [9.17, 15) is 9.59 Å². The Morgan fingerprint density at radius 3 is 2.33 bits per heavy atom. The van der Waals surface area contributed by atoms with Gasteiger partial charge in [0.2, 0.25) is 5.95 Å². The first-order chi connectivity index (χ1) is 12.9. The fourth-order valence-corrected chi connectivity index (χ4v) is 3.34. The van der Waals surface area contributed by atoms with E-state index < -0.39 is 5.69 Å². The van der Waals surface area contributed by atoms with Crippen LogP contribution >= 0.6 is 0 Å². The minimum atomic E-state index is -0.406. The van der Waals surface area contributed by atoms with Crippen molar-refractivity contribution in [1.82, 2.24) is 28.5 Å². The van der Waals surface area contributed by atoms with Crippen LogP contribution in [-0.2, 0) is 20.6 Å². The molecule has 0 aliphatic rings. The number of aromatic nitrogens is 6. The predicted octanol–water partition coefficient (Wildman–Crippen LogP) is 1.28. The predicted molar refractivity (Wildman–Crippen MR) is 102 cm³/mol. The van der Waals surface area contributed by atoms with Gasteiger partial charge in [0, 0.05) is 19.8 Å². The van der Waals surface area contributed by atoms with Gasteiger partial charge in [0.1, 0.15) is 0 Å². The minimum Gasteiger partial charge on any atom is -0.298 e. The van der Waals surface area contributed by atoms with Crippen LogP contribution in [0, 0.1) is 13.8 Å². The van der Waals surface area contributed by atoms with Crippen LogP contribution < -0.4 is 11.2 Å². The normalized spacial score (nSPS) is 11.4. The highest BCUT2D eigenvalue weighted by Crippen LogP contribution is 2.19. The fourth-order valence-electron chi connectivity index (χ4n) is 3.34. The van der Waals surface area contributed by atoms with Crippen LogP contribution in [0.4, 0.5) is 0 Å². The molecule has 1 aromatic carbocycles. The van der Waals surface area contributed by atoms with Crippen molar-refractivity contribution < 1.29 is 0 Å². The zero-order valence-corrected chi connectivity index (χ0v) is 15.7. The van der Waals surface area contributed by atoms with Crippen molar-refractivity contribution in [1.29, 1.82) is 0 Å². The molecule has 8 heteroatoms. The second-order valence-electron chi connectivity index (χ2n) is 6.70. The lowest BCUT2D eigenvalue weighted by atomic mass is 10.2. The first-order valence-electron chi connectivity index (χ1n) is 8.62. The summed E-state index contributed by atoms with van der Waals surface area (Å²) in [4.78, 5) is 29.9. The van der Waals surface area contributed by atoms with Gasteiger partial charge in [-0.2, -0.15) is 10.1 Å². The topological polar surface area (TPSA) is 79.6 Å². The summed E-state index contributed by atoms with van der Waals surface area (Å²) in [5.74, 6) is 0.512. The molecule has 4 rings (SSSR count). The number of rotatable bonds is 3. The number of nitrogens with zero attached hydrogens (tertiary/aromatic N) is 6. The van der Waals surface area contributed by atoms with Gasteiger partial charge in [0.15, 0.2) is 11.2 Å². The molecule has 0 aliphatic heterocycles. The van der Waals surface area contributed by atoms with Crippen LogP contribution in [0.25, 0.3) is 17.1 Å². The summed E-state index contributed by atoms with van der Waals surface area (Å²) in [6, 6.07) is 11.8. The number of hydrogen-bond acceptors (Lipinski definition) is 4. The van der Waals surface area contributed by atoms with Gasteiger partial charge in [-0.3, -0.25) is 18.5 Å². The Labute approximate surface area is 154 Å². The molecule has 3 aromatic heterocycles. The third kappa shape index (κ3) is 2.61. The lowest BCUT2D eigenvalue weighted by molar-refractivity contribution is 0.691. The Kier molecular flexibility index (Phi) is 3.83. The van der Waals surface area contributed by atoms with Crippen molar-refractivity contribution in [2.45, 2.75) is 20.4 Å². The standard InChI is InChI=1S/C19H20N6O2/c1-12-10-13(2)25(21-12)18-20-16-15(17(26)23(4)19(27)22(16)3)24(18)11-14-8-6-5-7-9-14/h5-10H,11H2,1-4H3. The highest BCUT2D eigenvalue weighted by molar-refractivity contribution is 5.73. The maximum Gasteiger partial charge on any atom is 0.332 e. The summed E-state index contributed by atoms with van der Waals surface area (Å²) in [6.07, 6.45) is 0. The molecule has 4 aromatic rings. The second kappa shape index (κ2) is 6.08. The highest BCUT2D eigenvalue weighted by Gasteiger charge is 2.21. The molecule has 0 bridgehead atoms. The maximum atomic E-state index is 12.9. The van der Waals surface area contributed by atoms with E-state index in [1.807, 2.05) is 54.8 Å². The van der Waals surface area contributed by atoms with Crippen molar-refractivity contribution in [3.8, 4) is 5.95 Å². The van der Waals surface area contributed by atoms with Crippen molar-refractivity contribution in [2.75, 3.05) is 0 Å². The van der Waals surface area contributed by atoms with E-state index >= 15 is 0 Å². The van der Waals surface area contributed by atoms with Crippen LogP contribution in [-0.4, -0.2) is 28.5 Å². The van der Waals surface area contributed by atoms with Gasteiger partial charge in [-0.1, -0.05) is 30.3 Å². The number of benzene rings is 1. The van der Waals surface area contributed by atoms with E-state index in [2.05, 4.69) is 10.1 Å². The Balaban J connectivity index is 2.11. The molecule has 138 valence electrons. The summed E-state index contributed by atoms with van der Waals surface area (Å²) < 4.78 is 6.04. The van der Waals surface area contributed by atoms with Crippen molar-refractivity contribution >= 4 is 11.2 Å². The quantitative estimate of drug-likeness (QED) is 0.549. The monoisotopic (exact) mass is 364 g/mol. The summed E-state index contributed by atoms with van der Waals surface area (Å²) in [6.45, 7) is 4.28. The lowest BCUT2D eigenvalue weighted by Crippen LogP contribution is -2.37. The third-order valence-corrected chi connectivity index (χ3v) is 4.71. The molecule has 3 heterocycles. The van der Waals surface area contributed by atoms with Gasteiger partial charge in [-0.15, -0.1) is 0 Å². The lowest BCUT2D eigenvalue weighted by Gasteiger charge is -2.10. The Morgan fingerprint density at radius 2 is 1.70 bits per heavy atom. The van der Waals surface area contributed by atoms with Gasteiger partial charge in [-0.05, 0) is 25.5 Å². The van der Waals surface area contributed by atoms with E-state index in [1.54, 1.807) is 11.7 Å². The molecule has 0 spiro atoms. The van der Waals surface area contributed by atoms with Gasteiger partial charge >= 0.3 is 5.69 Å². The van der Waals surface area contributed by atoms with E-state index in [4.69, 9.17) is 0 Å². The Morgan fingerprint density at radius 1 is 1.00 bits per heavy atom. The van der Waals surface area contributed by atoms with Gasteiger partial charge in [-0.25, -0.2) is 9.48 Å². The SMILES string of the molecule is Cc1cc(C)n(-c2nc3c(c(=O)n(C)c(=O)n3C)n2Cc2ccccc2)n1. The minimum absolute atomic E-state index is 0.349. The highest BCUT2D eigenvalue weighted by atomic mass is 16.2. The van der Waals surface area contributed by atoms with E-state index in [0.717, 1.165) is 21.5 Å². The zero-order valence-electron chi connectivity index (χ0n) is 15.7. The molecule has 0 amide bonds. The first kappa shape index (κ1) is 17.0. The molecular weight excluding hydrogens is 344 g/mol. The average Bonchev–Trinajstić information content (AvgIpc) is 3.18. The number of imidazole rings is 1. The molecule has 0 atom stereocenters. The second-order valence-corrected chi connectivity index (χ2v) is 6.70. The zero-order chi connectivity index (χ0) is 19.3.